The van der Waals surface area contributed by atoms with E-state index in [4.69, 9.17) is 69.6 Å². The Labute approximate surface area is 180 Å². The predicted octanol–water partition coefficient (Wildman–Crippen LogP) is 6.28. The Morgan fingerprint density at radius 3 is 1.88 bits per heavy atom. The van der Waals surface area contributed by atoms with E-state index in [0.717, 1.165) is 11.1 Å². The molecule has 1 aliphatic rings. The minimum atomic E-state index is -1.92. The van der Waals surface area contributed by atoms with Gasteiger partial charge in [-0.2, -0.15) is 0 Å². The molecule has 1 atom stereocenters. The van der Waals surface area contributed by atoms with Crippen molar-refractivity contribution in [2.24, 2.45) is 9.98 Å². The van der Waals surface area contributed by atoms with Gasteiger partial charge in [0.2, 0.25) is 13.2 Å². The summed E-state index contributed by atoms with van der Waals surface area (Å²) >= 11 is 36.5. The van der Waals surface area contributed by atoms with E-state index in [0.29, 0.717) is 5.56 Å². The van der Waals surface area contributed by atoms with Crippen LogP contribution in [0, 0.1) is 0 Å². The Balaban J connectivity index is 2.09. The molecule has 0 amide bonds. The van der Waals surface area contributed by atoms with Gasteiger partial charge < -0.3 is 5.32 Å². The Kier molecular flexibility index (Phi) is 5.70. The van der Waals surface area contributed by atoms with Crippen LogP contribution in [0.2, 0.25) is 0 Å². The van der Waals surface area contributed by atoms with Crippen LogP contribution in [0.25, 0.3) is 11.1 Å². The molecule has 3 nitrogen and oxygen atoms in total. The molecule has 0 aliphatic carbocycles. The summed E-state index contributed by atoms with van der Waals surface area (Å²) in [7, 11) is 0. The van der Waals surface area contributed by atoms with Crippen LogP contribution in [0.15, 0.2) is 64.6 Å². The zero-order valence-electron chi connectivity index (χ0n) is 12.9. The van der Waals surface area contributed by atoms with Gasteiger partial charge in [-0.1, -0.05) is 124 Å². The van der Waals surface area contributed by atoms with Gasteiger partial charge in [-0.15, -0.1) is 0 Å². The first-order valence-electron chi connectivity index (χ1n) is 7.33. The number of benzene rings is 2. The van der Waals surface area contributed by atoms with Crippen molar-refractivity contribution in [1.82, 2.24) is 5.32 Å². The molecule has 1 aliphatic heterocycles. The van der Waals surface area contributed by atoms with Crippen molar-refractivity contribution in [2.75, 3.05) is 0 Å². The quantitative estimate of drug-likeness (QED) is 0.516. The maximum atomic E-state index is 6.23. The molecule has 26 heavy (non-hydrogen) atoms. The molecule has 1 unspecified atom stereocenters. The van der Waals surface area contributed by atoms with E-state index in [1.54, 1.807) is 12.1 Å². The second-order valence-electron chi connectivity index (χ2n) is 5.47. The lowest BCUT2D eigenvalue weighted by Gasteiger charge is -2.36. The van der Waals surface area contributed by atoms with E-state index >= 15 is 0 Å². The summed E-state index contributed by atoms with van der Waals surface area (Å²) in [6.45, 7) is 0. The molecule has 9 heteroatoms. The molecular weight excluding hydrogens is 459 g/mol. The minimum Gasteiger partial charge on any atom is -0.331 e. The van der Waals surface area contributed by atoms with Crippen molar-refractivity contribution in [3.8, 4) is 11.1 Å². The average molecular weight is 470 g/mol. The Bertz CT molecular complexity index is 838. The maximum absolute atomic E-state index is 6.23. The largest absolute Gasteiger partial charge is 0.331 e. The van der Waals surface area contributed by atoms with Crippen molar-refractivity contribution in [2.45, 2.75) is 13.2 Å². The number of hydrogen-bond donors (Lipinski definition) is 1. The molecule has 0 spiro atoms. The monoisotopic (exact) mass is 467 g/mol. The van der Waals surface area contributed by atoms with E-state index in [9.17, 15) is 0 Å². The summed E-state index contributed by atoms with van der Waals surface area (Å²) in [5.41, 5.74) is 1.01. The van der Waals surface area contributed by atoms with Crippen molar-refractivity contribution in [3.63, 3.8) is 0 Å². The molecular formula is C17H11Cl6N3. The molecule has 0 radical (unpaired) electrons. The number of rotatable bonds is 2. The lowest BCUT2D eigenvalue weighted by atomic mass is 9.97. The first kappa shape index (κ1) is 20.1. The summed E-state index contributed by atoms with van der Waals surface area (Å²) in [4.78, 5) is 8.62. The average Bonchev–Trinajstić information content (AvgIpc) is 2.61. The molecule has 1 N–H and O–H groups in total. The molecule has 0 fully saturated rings. The minimum absolute atomic E-state index is 0.0101. The van der Waals surface area contributed by atoms with Crippen LogP contribution < -0.4 is 5.32 Å². The third-order valence-electron chi connectivity index (χ3n) is 3.78. The molecule has 136 valence electrons. The molecule has 0 aromatic heterocycles. The van der Waals surface area contributed by atoms with Gasteiger partial charge in [0.1, 0.15) is 0 Å². The molecule has 2 aromatic rings. The van der Waals surface area contributed by atoms with Crippen molar-refractivity contribution >= 4 is 81.8 Å². The van der Waals surface area contributed by atoms with Crippen LogP contribution in [0.4, 0.5) is 0 Å². The fourth-order valence-corrected chi connectivity index (χ4v) is 3.41. The Hall–Kier alpha value is -0.680. The lowest BCUT2D eigenvalue weighted by Crippen LogP contribution is -2.47. The van der Waals surface area contributed by atoms with Gasteiger partial charge >= 0.3 is 0 Å². The first-order chi connectivity index (χ1) is 12.1. The van der Waals surface area contributed by atoms with Crippen LogP contribution in [-0.4, -0.2) is 19.8 Å². The molecule has 0 bridgehead atoms. The maximum Gasteiger partial charge on any atom is 0.247 e. The fourth-order valence-electron chi connectivity index (χ4n) is 2.52. The van der Waals surface area contributed by atoms with Crippen LogP contribution in [0.5, 0.6) is 0 Å². The number of halogens is 6. The molecule has 0 saturated heterocycles. The topological polar surface area (TPSA) is 36.8 Å². The Morgan fingerprint density at radius 2 is 1.35 bits per heavy atom. The van der Waals surface area contributed by atoms with Gasteiger partial charge in [0, 0.05) is 5.56 Å². The third-order valence-corrected chi connectivity index (χ3v) is 5.11. The Morgan fingerprint density at radius 1 is 0.769 bits per heavy atom. The van der Waals surface area contributed by atoms with Gasteiger partial charge in [-0.3, -0.25) is 0 Å². The van der Waals surface area contributed by atoms with Gasteiger partial charge in [-0.25, -0.2) is 9.98 Å². The van der Waals surface area contributed by atoms with Gasteiger partial charge in [-0.05, 0) is 11.1 Å². The summed E-state index contributed by atoms with van der Waals surface area (Å²) in [6, 6.07) is 17.2. The number of hydrogen-bond acceptors (Lipinski definition) is 3. The second kappa shape index (κ2) is 7.38. The zero-order valence-corrected chi connectivity index (χ0v) is 17.5. The van der Waals surface area contributed by atoms with Crippen LogP contribution in [-0.2, 0) is 5.66 Å². The van der Waals surface area contributed by atoms with E-state index < -0.39 is 13.2 Å². The van der Waals surface area contributed by atoms with Crippen LogP contribution in [0.3, 0.4) is 0 Å². The number of aliphatic imine (C=N–C) groups is 2. The fraction of sp³-hybridized carbons (Fsp3) is 0.176. The highest BCUT2D eigenvalue weighted by atomic mass is 35.6. The lowest BCUT2D eigenvalue weighted by molar-refractivity contribution is 0.475. The normalized spacial score (nSPS) is 20.5. The highest BCUT2D eigenvalue weighted by molar-refractivity contribution is 6.77. The molecule has 1 heterocycles. The van der Waals surface area contributed by atoms with E-state index in [-0.39, 0.29) is 5.84 Å². The van der Waals surface area contributed by atoms with Crippen LogP contribution in [0.1, 0.15) is 5.56 Å². The highest BCUT2D eigenvalue weighted by Gasteiger charge is 2.52. The zero-order chi connectivity index (χ0) is 19.0. The van der Waals surface area contributed by atoms with E-state index in [1.807, 2.05) is 42.5 Å². The van der Waals surface area contributed by atoms with Gasteiger partial charge in [0.05, 0.1) is 6.34 Å². The summed E-state index contributed by atoms with van der Waals surface area (Å²) in [5.74, 6) is 0.0101. The second-order valence-corrected chi connectivity index (χ2v) is 10.0. The van der Waals surface area contributed by atoms with Crippen molar-refractivity contribution in [3.05, 3.63) is 60.2 Å². The number of nitrogens with one attached hydrogen (secondary N) is 1. The van der Waals surface area contributed by atoms with Crippen molar-refractivity contribution < 1.29 is 0 Å². The predicted molar refractivity (Wildman–Crippen MR) is 113 cm³/mol. The van der Waals surface area contributed by atoms with Gasteiger partial charge in [0.25, 0.3) is 0 Å². The first-order valence-corrected chi connectivity index (χ1v) is 9.60. The third kappa shape index (κ3) is 3.94. The van der Waals surface area contributed by atoms with E-state index in [1.165, 1.54) is 6.34 Å². The summed E-state index contributed by atoms with van der Waals surface area (Å²) in [6.07, 6.45) is 1.30. The molecule has 3 rings (SSSR count). The molecule has 0 saturated carbocycles. The standard InChI is InChI=1S/C17H11Cl6N3/c18-16(19,20)14-24-10-25-15(26-14,17(21,22)23)13-8-6-12(7-9-13)11-4-2-1-3-5-11/h1-10H,(H,24,25,26). The number of nitrogens with zero attached hydrogens (tertiary/aromatic N) is 2. The smallest absolute Gasteiger partial charge is 0.247 e. The van der Waals surface area contributed by atoms with Gasteiger partial charge in [0.15, 0.2) is 5.84 Å². The van der Waals surface area contributed by atoms with E-state index in [2.05, 4.69) is 15.3 Å². The SMILES string of the molecule is ClC(Cl)(Cl)C1=NC(c2ccc(-c3ccccc3)cc2)(C(Cl)(Cl)Cl)N=CN1. The number of alkyl halides is 6. The number of amidine groups is 1. The summed E-state index contributed by atoms with van der Waals surface area (Å²) in [5, 5.41) is 2.68. The highest BCUT2D eigenvalue weighted by Crippen LogP contribution is 2.50. The van der Waals surface area contributed by atoms with Crippen LogP contribution >= 0.6 is 69.6 Å². The van der Waals surface area contributed by atoms with Crippen molar-refractivity contribution in [1.29, 1.82) is 0 Å². The molecule has 2 aromatic carbocycles. The summed E-state index contributed by atoms with van der Waals surface area (Å²) < 4.78 is -3.74.